The van der Waals surface area contributed by atoms with E-state index in [0.717, 1.165) is 12.1 Å². The van der Waals surface area contributed by atoms with Gasteiger partial charge in [-0.05, 0) is 41.7 Å². The van der Waals surface area contributed by atoms with Gasteiger partial charge in [0.15, 0.2) is 5.75 Å². The van der Waals surface area contributed by atoms with Gasteiger partial charge >= 0.3 is 12.1 Å². The number of carbonyl (C=O) groups excluding carboxylic acids is 1. The molecule has 0 unspecified atom stereocenters. The Balaban J connectivity index is 1.94. The first-order valence-electron chi connectivity index (χ1n) is 10.6. The Bertz CT molecular complexity index is 1190. The maximum Gasteiger partial charge on any atom is 0.416 e. The van der Waals surface area contributed by atoms with Crippen LogP contribution in [0.15, 0.2) is 54.7 Å². The van der Waals surface area contributed by atoms with Gasteiger partial charge in [0, 0.05) is 11.6 Å². The first-order chi connectivity index (χ1) is 15.9. The number of alkyl halides is 3. The monoisotopic (exact) mass is 474 g/mol. The highest BCUT2D eigenvalue weighted by atomic mass is 19.4. The van der Waals surface area contributed by atoms with Crippen LogP contribution in [0.5, 0.6) is 5.75 Å². The number of carbonyl (C=O) groups is 2. The number of carboxylic acids is 1. The Kier molecular flexibility index (Phi) is 7.14. The highest BCUT2D eigenvalue weighted by molar-refractivity contribution is 6.04. The molecule has 0 aliphatic rings. The molecule has 0 bridgehead atoms. The van der Waals surface area contributed by atoms with Crippen molar-refractivity contribution in [3.05, 3.63) is 71.4 Å². The first kappa shape index (κ1) is 25.0. The number of pyridine rings is 1. The minimum Gasteiger partial charge on any atom is -0.486 e. The van der Waals surface area contributed by atoms with Gasteiger partial charge in [-0.1, -0.05) is 45.0 Å². The lowest BCUT2D eigenvalue weighted by molar-refractivity contribution is -0.142. The van der Waals surface area contributed by atoms with Gasteiger partial charge in [0.1, 0.15) is 18.2 Å². The summed E-state index contributed by atoms with van der Waals surface area (Å²) in [5.41, 5.74) is -0.568. The van der Waals surface area contributed by atoms with Crippen LogP contribution in [0.1, 0.15) is 48.7 Å². The normalized spacial score (nSPS) is 12.9. The van der Waals surface area contributed by atoms with Crippen LogP contribution < -0.4 is 10.1 Å². The molecule has 0 radical (unpaired) electrons. The average Bonchev–Trinajstić information content (AvgIpc) is 2.80. The summed E-state index contributed by atoms with van der Waals surface area (Å²) in [6.07, 6.45) is -2.41. The maximum absolute atomic E-state index is 13.1. The molecule has 180 valence electrons. The number of amides is 1. The average molecular weight is 474 g/mol. The van der Waals surface area contributed by atoms with Crippen molar-refractivity contribution in [3.63, 3.8) is 0 Å². The van der Waals surface area contributed by atoms with Crippen molar-refractivity contribution in [2.45, 2.75) is 46.0 Å². The molecule has 0 aliphatic heterocycles. The molecule has 1 atom stereocenters. The standard InChI is InChI=1S/C25H25F3N2O4/c1-4-24(2,3)21(23(32)33)30-22(31)18-12-9-16-6-5-13-29-19(16)20(18)34-14-15-7-10-17(11-8-15)25(26,27)28/h5-13,21H,4,14H2,1-3H3,(H,30,31)(H,32,33)/t21-/m1/s1. The third kappa shape index (κ3) is 5.47. The minimum atomic E-state index is -4.45. The second kappa shape index (κ2) is 9.70. The van der Waals surface area contributed by atoms with Crippen molar-refractivity contribution in [2.24, 2.45) is 5.41 Å². The molecule has 34 heavy (non-hydrogen) atoms. The Morgan fingerprint density at radius 3 is 2.35 bits per heavy atom. The number of nitrogens with one attached hydrogen (secondary N) is 1. The van der Waals surface area contributed by atoms with E-state index in [2.05, 4.69) is 10.3 Å². The van der Waals surface area contributed by atoms with Crippen molar-refractivity contribution in [1.82, 2.24) is 10.3 Å². The van der Waals surface area contributed by atoms with Crippen LogP contribution >= 0.6 is 0 Å². The molecule has 9 heteroatoms. The van der Waals surface area contributed by atoms with Gasteiger partial charge in [0.05, 0.1) is 11.1 Å². The van der Waals surface area contributed by atoms with Crippen LogP contribution in [0.25, 0.3) is 10.9 Å². The summed E-state index contributed by atoms with van der Waals surface area (Å²) in [5, 5.41) is 12.9. The van der Waals surface area contributed by atoms with E-state index in [1.165, 1.54) is 24.4 Å². The third-order valence-corrected chi connectivity index (χ3v) is 5.85. The topological polar surface area (TPSA) is 88.5 Å². The van der Waals surface area contributed by atoms with Crippen LogP contribution in [-0.4, -0.2) is 28.0 Å². The van der Waals surface area contributed by atoms with E-state index in [-0.39, 0.29) is 17.9 Å². The van der Waals surface area contributed by atoms with Crippen molar-refractivity contribution in [2.75, 3.05) is 0 Å². The first-order valence-corrected chi connectivity index (χ1v) is 10.6. The number of nitrogens with zero attached hydrogens (tertiary/aromatic N) is 1. The number of hydrogen-bond acceptors (Lipinski definition) is 4. The van der Waals surface area contributed by atoms with Crippen molar-refractivity contribution >= 4 is 22.8 Å². The zero-order valence-electron chi connectivity index (χ0n) is 18.9. The lowest BCUT2D eigenvalue weighted by Crippen LogP contribution is -2.50. The predicted octanol–water partition coefficient (Wildman–Crippen LogP) is 5.45. The summed E-state index contributed by atoms with van der Waals surface area (Å²) < 4.78 is 44.4. The number of ether oxygens (including phenoxy) is 1. The highest BCUT2D eigenvalue weighted by Gasteiger charge is 2.36. The lowest BCUT2D eigenvalue weighted by atomic mass is 9.81. The van der Waals surface area contributed by atoms with E-state index in [1.54, 1.807) is 32.0 Å². The van der Waals surface area contributed by atoms with Crippen molar-refractivity contribution in [1.29, 1.82) is 0 Å². The fraction of sp³-hybridized carbons (Fsp3) is 0.320. The van der Waals surface area contributed by atoms with Gasteiger partial charge in [-0.3, -0.25) is 9.78 Å². The number of halogens is 3. The molecule has 1 aromatic heterocycles. The number of aliphatic carboxylic acids is 1. The second-order valence-corrected chi connectivity index (χ2v) is 8.59. The van der Waals surface area contributed by atoms with Gasteiger partial charge in [-0.15, -0.1) is 0 Å². The number of carboxylic acid groups (broad SMARTS) is 1. The molecular formula is C25H25F3N2O4. The summed E-state index contributed by atoms with van der Waals surface area (Å²) >= 11 is 0. The zero-order chi connectivity index (χ0) is 25.1. The van der Waals surface area contributed by atoms with Crippen LogP contribution in [0.3, 0.4) is 0 Å². The molecule has 3 rings (SSSR count). The van der Waals surface area contributed by atoms with E-state index >= 15 is 0 Å². The Morgan fingerprint density at radius 2 is 1.76 bits per heavy atom. The quantitative estimate of drug-likeness (QED) is 0.453. The van der Waals surface area contributed by atoms with Crippen LogP contribution in [0.4, 0.5) is 13.2 Å². The Hall–Kier alpha value is -3.62. The van der Waals surface area contributed by atoms with Gasteiger partial charge in [0.25, 0.3) is 5.91 Å². The van der Waals surface area contributed by atoms with E-state index < -0.39 is 35.1 Å². The molecule has 2 N–H and O–H groups in total. The van der Waals surface area contributed by atoms with Gasteiger partial charge in [0.2, 0.25) is 0 Å². The fourth-order valence-corrected chi connectivity index (χ4v) is 3.39. The van der Waals surface area contributed by atoms with Gasteiger partial charge in [-0.25, -0.2) is 4.79 Å². The third-order valence-electron chi connectivity index (χ3n) is 5.85. The molecule has 3 aromatic rings. The maximum atomic E-state index is 13.1. The molecule has 0 fully saturated rings. The van der Waals surface area contributed by atoms with E-state index in [9.17, 15) is 27.9 Å². The molecule has 0 saturated heterocycles. The van der Waals surface area contributed by atoms with E-state index in [1.807, 2.05) is 6.92 Å². The van der Waals surface area contributed by atoms with Crippen molar-refractivity contribution < 1.29 is 32.6 Å². The molecule has 1 amide bonds. The minimum absolute atomic E-state index is 0.0799. The van der Waals surface area contributed by atoms with Crippen LogP contribution in [0.2, 0.25) is 0 Å². The number of hydrogen-bond donors (Lipinski definition) is 2. The molecule has 0 spiro atoms. The molecule has 1 heterocycles. The second-order valence-electron chi connectivity index (χ2n) is 8.59. The van der Waals surface area contributed by atoms with E-state index in [4.69, 9.17) is 4.74 Å². The van der Waals surface area contributed by atoms with E-state index in [0.29, 0.717) is 22.9 Å². The Morgan fingerprint density at radius 1 is 1.09 bits per heavy atom. The summed E-state index contributed by atoms with van der Waals surface area (Å²) in [4.78, 5) is 29.3. The van der Waals surface area contributed by atoms with Crippen LogP contribution in [0, 0.1) is 5.41 Å². The van der Waals surface area contributed by atoms with Gasteiger partial charge in [-0.2, -0.15) is 13.2 Å². The molecule has 6 nitrogen and oxygen atoms in total. The van der Waals surface area contributed by atoms with Crippen molar-refractivity contribution in [3.8, 4) is 5.75 Å². The molecular weight excluding hydrogens is 449 g/mol. The highest BCUT2D eigenvalue weighted by Crippen LogP contribution is 2.32. The SMILES string of the molecule is CCC(C)(C)[C@H](NC(=O)c1ccc2cccnc2c1OCc1ccc(C(F)(F)F)cc1)C(=O)O. The molecule has 0 saturated carbocycles. The smallest absolute Gasteiger partial charge is 0.416 e. The van der Waals surface area contributed by atoms with Gasteiger partial charge < -0.3 is 15.2 Å². The fourth-order valence-electron chi connectivity index (χ4n) is 3.39. The zero-order valence-corrected chi connectivity index (χ0v) is 18.9. The molecule has 2 aromatic carbocycles. The number of benzene rings is 2. The number of aromatic nitrogens is 1. The Labute approximate surface area is 194 Å². The number of fused-ring (bicyclic) bond motifs is 1. The number of rotatable bonds is 8. The summed E-state index contributed by atoms with van der Waals surface area (Å²) in [6, 6.07) is 10.0. The lowest BCUT2D eigenvalue weighted by Gasteiger charge is -2.31. The largest absolute Gasteiger partial charge is 0.486 e. The summed E-state index contributed by atoms with van der Waals surface area (Å²) in [5.74, 6) is -1.69. The molecule has 0 aliphatic carbocycles. The predicted molar refractivity (Wildman–Crippen MR) is 120 cm³/mol. The summed E-state index contributed by atoms with van der Waals surface area (Å²) in [7, 11) is 0. The summed E-state index contributed by atoms with van der Waals surface area (Å²) in [6.45, 7) is 5.21. The van der Waals surface area contributed by atoms with Crippen LogP contribution in [-0.2, 0) is 17.6 Å².